The molecule has 1 aliphatic heterocycles. The molecule has 6 nitrogen and oxygen atoms in total. The molecule has 0 bridgehead atoms. The predicted molar refractivity (Wildman–Crippen MR) is 128 cm³/mol. The Kier molecular flexibility index (Phi) is 9.46. The highest BCUT2D eigenvalue weighted by atomic mass is 16.5. The number of hydrogen-bond donors (Lipinski definition) is 1. The van der Waals surface area contributed by atoms with Crippen LogP contribution in [0.3, 0.4) is 0 Å². The number of unbranched alkanes of at least 4 members (excludes halogenated alkanes) is 3. The highest BCUT2D eigenvalue weighted by molar-refractivity contribution is 5.68. The normalized spacial score (nSPS) is 15.2. The summed E-state index contributed by atoms with van der Waals surface area (Å²) in [4.78, 5) is 22.9. The Labute approximate surface area is 197 Å². The molecule has 3 rings (SSSR count). The van der Waals surface area contributed by atoms with Crippen LogP contribution in [0.4, 0.5) is 0 Å². The molecule has 2 aromatic rings. The molecule has 6 heteroatoms. The quantitative estimate of drug-likeness (QED) is 0.298. The maximum atomic E-state index is 12.0. The van der Waals surface area contributed by atoms with Gasteiger partial charge in [-0.25, -0.2) is 5.01 Å². The lowest BCUT2D eigenvalue weighted by Gasteiger charge is -2.44. The molecule has 33 heavy (non-hydrogen) atoms. The second-order valence-corrected chi connectivity index (χ2v) is 8.74. The number of amides is 1. The molecular weight excluding hydrogens is 416 g/mol. The molecular formula is C27H36N2O4. The molecule has 0 aromatic heterocycles. The van der Waals surface area contributed by atoms with Gasteiger partial charge in [-0.05, 0) is 42.7 Å². The van der Waals surface area contributed by atoms with Crippen molar-refractivity contribution in [1.29, 1.82) is 0 Å². The number of rotatable bonds is 12. The van der Waals surface area contributed by atoms with E-state index in [9.17, 15) is 14.7 Å². The minimum Gasteiger partial charge on any atom is -0.469 e. The van der Waals surface area contributed by atoms with Gasteiger partial charge in [-0.15, -0.1) is 0 Å². The van der Waals surface area contributed by atoms with Crippen molar-refractivity contribution in [3.63, 3.8) is 0 Å². The molecule has 1 aliphatic rings. The van der Waals surface area contributed by atoms with E-state index in [1.807, 2.05) is 60.7 Å². The Morgan fingerprint density at radius 1 is 1.00 bits per heavy atom. The second kappa shape index (κ2) is 12.5. The number of ether oxygens (including phenoxy) is 1. The molecule has 1 amide bonds. The van der Waals surface area contributed by atoms with Crippen LogP contribution in [0.2, 0.25) is 0 Å². The molecule has 0 spiro atoms. The summed E-state index contributed by atoms with van der Waals surface area (Å²) in [6.07, 6.45) is 6.59. The molecule has 1 N–H and O–H groups in total. The van der Waals surface area contributed by atoms with Crippen molar-refractivity contribution in [3.05, 3.63) is 71.8 Å². The van der Waals surface area contributed by atoms with Crippen LogP contribution in [-0.2, 0) is 19.9 Å². The lowest BCUT2D eigenvalue weighted by Crippen LogP contribution is -2.50. The summed E-state index contributed by atoms with van der Waals surface area (Å²) >= 11 is 0. The Morgan fingerprint density at radius 3 is 2.06 bits per heavy atom. The first-order valence-corrected chi connectivity index (χ1v) is 12.0. The topological polar surface area (TPSA) is 70.1 Å². The van der Waals surface area contributed by atoms with Crippen molar-refractivity contribution in [2.24, 2.45) is 5.92 Å². The number of methoxy groups -OCH3 is 1. The molecule has 0 atom stereocenters. The van der Waals surface area contributed by atoms with Gasteiger partial charge in [0.1, 0.15) is 5.60 Å². The molecule has 1 heterocycles. The average molecular weight is 453 g/mol. The highest BCUT2D eigenvalue weighted by Crippen LogP contribution is 2.42. The van der Waals surface area contributed by atoms with Crippen LogP contribution in [0.15, 0.2) is 60.7 Å². The highest BCUT2D eigenvalue weighted by Gasteiger charge is 2.42. The maximum absolute atomic E-state index is 12.0. The van der Waals surface area contributed by atoms with Crippen LogP contribution in [0.5, 0.6) is 0 Å². The van der Waals surface area contributed by atoms with Crippen LogP contribution in [0, 0.1) is 5.92 Å². The second-order valence-electron chi connectivity index (χ2n) is 8.74. The van der Waals surface area contributed by atoms with Gasteiger partial charge in [-0.2, -0.15) is 0 Å². The standard InChI is InChI=1S/C27H36N2O4/c1-33-26(31)16-10-2-3-11-19-29(22-30)28-20-17-25(18-21-28)27(32,23-12-6-4-7-13-23)24-14-8-5-9-15-24/h4-9,12-15,22,25,32H,2-3,10-11,16-21H2,1H3. The van der Waals surface area contributed by atoms with E-state index < -0.39 is 5.60 Å². The Morgan fingerprint density at radius 2 is 1.55 bits per heavy atom. The van der Waals surface area contributed by atoms with Gasteiger partial charge in [0, 0.05) is 26.1 Å². The number of hydrogen-bond acceptors (Lipinski definition) is 5. The van der Waals surface area contributed by atoms with E-state index in [0.29, 0.717) is 13.0 Å². The summed E-state index contributed by atoms with van der Waals surface area (Å²) in [7, 11) is 1.41. The van der Waals surface area contributed by atoms with Gasteiger partial charge in [0.2, 0.25) is 6.41 Å². The SMILES string of the molecule is COC(=O)CCCCCCN(C=O)N1CCC(C(O)(c2ccccc2)c2ccccc2)CC1. The Bertz CT molecular complexity index is 811. The summed E-state index contributed by atoms with van der Waals surface area (Å²) in [5, 5.41) is 15.9. The van der Waals surface area contributed by atoms with Crippen molar-refractivity contribution >= 4 is 12.4 Å². The Hall–Kier alpha value is -2.70. The fourth-order valence-corrected chi connectivity index (χ4v) is 4.82. The van der Waals surface area contributed by atoms with E-state index in [0.717, 1.165) is 69.2 Å². The number of carbonyl (C=O) groups is 2. The van der Waals surface area contributed by atoms with E-state index in [2.05, 4.69) is 9.75 Å². The molecule has 2 aromatic carbocycles. The molecule has 1 saturated heterocycles. The maximum Gasteiger partial charge on any atom is 0.305 e. The van der Waals surface area contributed by atoms with Gasteiger partial charge < -0.3 is 9.84 Å². The first kappa shape index (κ1) is 24.9. The molecule has 178 valence electrons. The smallest absolute Gasteiger partial charge is 0.305 e. The van der Waals surface area contributed by atoms with Gasteiger partial charge in [0.15, 0.2) is 0 Å². The fourth-order valence-electron chi connectivity index (χ4n) is 4.82. The number of hydrazine groups is 1. The summed E-state index contributed by atoms with van der Waals surface area (Å²) in [5.41, 5.74) is 0.767. The summed E-state index contributed by atoms with van der Waals surface area (Å²) in [6.45, 7) is 2.13. The number of nitrogens with zero attached hydrogens (tertiary/aromatic N) is 2. The van der Waals surface area contributed by atoms with Crippen LogP contribution in [0.25, 0.3) is 0 Å². The van der Waals surface area contributed by atoms with E-state index in [1.165, 1.54) is 7.11 Å². The van der Waals surface area contributed by atoms with Crippen LogP contribution >= 0.6 is 0 Å². The minimum atomic E-state index is -1.06. The number of aliphatic hydroxyl groups is 1. The predicted octanol–water partition coefficient (Wildman–Crippen LogP) is 4.13. The third-order valence-corrected chi connectivity index (χ3v) is 6.72. The van der Waals surface area contributed by atoms with Gasteiger partial charge >= 0.3 is 5.97 Å². The lowest BCUT2D eigenvalue weighted by molar-refractivity contribution is -0.141. The Balaban J connectivity index is 1.56. The van der Waals surface area contributed by atoms with Crippen LogP contribution in [-0.4, -0.2) is 54.2 Å². The zero-order chi connectivity index (χ0) is 23.5. The van der Waals surface area contributed by atoms with E-state index in [4.69, 9.17) is 0 Å². The first-order chi connectivity index (χ1) is 16.1. The third-order valence-electron chi connectivity index (χ3n) is 6.72. The molecule has 0 radical (unpaired) electrons. The summed E-state index contributed by atoms with van der Waals surface area (Å²) < 4.78 is 4.66. The number of benzene rings is 2. The first-order valence-electron chi connectivity index (χ1n) is 12.0. The van der Waals surface area contributed by atoms with Gasteiger partial charge in [0.25, 0.3) is 0 Å². The zero-order valence-electron chi connectivity index (χ0n) is 19.6. The van der Waals surface area contributed by atoms with Crippen LogP contribution in [0.1, 0.15) is 56.1 Å². The van der Waals surface area contributed by atoms with E-state index >= 15 is 0 Å². The van der Waals surface area contributed by atoms with Crippen molar-refractivity contribution < 1.29 is 19.4 Å². The third kappa shape index (κ3) is 6.42. The average Bonchev–Trinajstić information content (AvgIpc) is 2.89. The number of esters is 1. The van der Waals surface area contributed by atoms with Gasteiger partial charge in [0.05, 0.1) is 7.11 Å². The number of piperidine rings is 1. The number of carbonyl (C=O) groups excluding carboxylic acids is 2. The van der Waals surface area contributed by atoms with Crippen molar-refractivity contribution in [1.82, 2.24) is 10.0 Å². The minimum absolute atomic E-state index is 0.0605. The van der Waals surface area contributed by atoms with Gasteiger partial charge in [-0.1, -0.05) is 73.5 Å². The van der Waals surface area contributed by atoms with E-state index in [1.54, 1.807) is 5.01 Å². The largest absolute Gasteiger partial charge is 0.469 e. The van der Waals surface area contributed by atoms with E-state index in [-0.39, 0.29) is 11.9 Å². The molecule has 0 saturated carbocycles. The summed E-state index contributed by atoms with van der Waals surface area (Å²) in [5.74, 6) is -0.108. The van der Waals surface area contributed by atoms with Gasteiger partial charge in [-0.3, -0.25) is 14.6 Å². The zero-order valence-corrected chi connectivity index (χ0v) is 19.6. The van der Waals surface area contributed by atoms with Crippen molar-refractivity contribution in [3.8, 4) is 0 Å². The fraction of sp³-hybridized carbons (Fsp3) is 0.481. The molecule has 0 aliphatic carbocycles. The summed E-state index contributed by atoms with van der Waals surface area (Å²) in [6, 6.07) is 19.8. The van der Waals surface area contributed by atoms with Crippen molar-refractivity contribution in [2.45, 2.75) is 50.5 Å². The lowest BCUT2D eigenvalue weighted by atomic mass is 9.72. The van der Waals surface area contributed by atoms with Crippen molar-refractivity contribution in [2.75, 3.05) is 26.7 Å². The monoisotopic (exact) mass is 452 g/mol. The molecule has 0 unspecified atom stereocenters. The molecule has 1 fully saturated rings. The van der Waals surface area contributed by atoms with Crippen LogP contribution < -0.4 is 0 Å².